The second-order valence-electron chi connectivity index (χ2n) is 8.37. The Morgan fingerprint density at radius 1 is 0.867 bits per heavy atom. The fourth-order valence-corrected chi connectivity index (χ4v) is 4.85. The van der Waals surface area contributed by atoms with Gasteiger partial charge in [-0.05, 0) is 74.9 Å². The molecule has 0 unspecified atom stereocenters. The summed E-state index contributed by atoms with van der Waals surface area (Å²) >= 11 is 0. The number of fused-ring (bicyclic) bond motifs is 2. The molecule has 0 bridgehead atoms. The Kier molecular flexibility index (Phi) is 5.24. The Hall–Kier alpha value is -3.12. The molecule has 3 aromatic carbocycles. The van der Waals surface area contributed by atoms with Crippen LogP contribution >= 0.6 is 0 Å². The molecule has 0 nitrogen and oxygen atoms in total. The van der Waals surface area contributed by atoms with Gasteiger partial charge in [-0.1, -0.05) is 104 Å². The Balaban J connectivity index is 1.80. The molecule has 0 fully saturated rings. The highest BCUT2D eigenvalue weighted by Crippen LogP contribution is 2.28. The zero-order chi connectivity index (χ0) is 20.3. The van der Waals surface area contributed by atoms with Gasteiger partial charge in [-0.25, -0.2) is 0 Å². The molecule has 0 spiro atoms. The maximum Gasteiger partial charge on any atom is -0.00579 e. The summed E-state index contributed by atoms with van der Waals surface area (Å²) in [6, 6.07) is 24.5. The predicted molar refractivity (Wildman–Crippen MR) is 128 cm³/mol. The first kappa shape index (κ1) is 18.9. The number of hydrogen-bond acceptors (Lipinski definition) is 0. The van der Waals surface area contributed by atoms with Crippen LogP contribution in [-0.2, 0) is 6.42 Å². The number of allylic oxidation sites excluding steroid dienone is 4. The molecule has 30 heavy (non-hydrogen) atoms. The van der Waals surface area contributed by atoms with E-state index in [1.165, 1.54) is 56.0 Å². The van der Waals surface area contributed by atoms with Crippen molar-refractivity contribution in [1.82, 2.24) is 0 Å². The quantitative estimate of drug-likeness (QED) is 0.378. The number of unbranched alkanes of at least 4 members (excludes halogenated alkanes) is 1. The minimum Gasteiger partial charge on any atom is -0.0801 e. The van der Waals surface area contributed by atoms with Crippen LogP contribution in [0, 0.1) is 10.4 Å². The minimum absolute atomic E-state index is 1.03. The van der Waals surface area contributed by atoms with E-state index in [1.54, 1.807) is 5.57 Å². The molecule has 3 aromatic rings. The molecule has 0 aliphatic heterocycles. The second kappa shape index (κ2) is 8.32. The monoisotopic (exact) mass is 388 g/mol. The first-order valence-electron chi connectivity index (χ1n) is 11.2. The third kappa shape index (κ3) is 3.48. The SMILES string of the molecule is CCCCC(Cc1ccccc1)=c1ccc2c(c1C1=CC=CC1)C=c1ccccc1=2. The Morgan fingerprint density at radius 2 is 1.70 bits per heavy atom. The molecule has 0 saturated carbocycles. The topological polar surface area (TPSA) is 0 Å². The number of rotatable bonds is 6. The molecule has 0 radical (unpaired) electrons. The first-order chi connectivity index (χ1) is 14.8. The summed E-state index contributed by atoms with van der Waals surface area (Å²) in [5, 5.41) is 5.54. The van der Waals surface area contributed by atoms with Crippen LogP contribution in [0.2, 0.25) is 0 Å². The first-order valence-corrected chi connectivity index (χ1v) is 11.2. The second-order valence-corrected chi connectivity index (χ2v) is 8.37. The van der Waals surface area contributed by atoms with Crippen molar-refractivity contribution in [1.29, 1.82) is 0 Å². The third-order valence-corrected chi connectivity index (χ3v) is 6.36. The van der Waals surface area contributed by atoms with Crippen LogP contribution < -0.4 is 10.4 Å². The summed E-state index contributed by atoms with van der Waals surface area (Å²) in [4.78, 5) is 0. The van der Waals surface area contributed by atoms with Gasteiger partial charge in [0.1, 0.15) is 0 Å². The highest BCUT2D eigenvalue weighted by Gasteiger charge is 2.16. The standard InChI is InChI=1S/C30H28/c1-2-3-13-24(20-22-11-5-4-6-12-22)27-18-19-28-26-17-10-9-16-25(26)21-29(28)30(27)23-14-7-8-15-23/h4-12,14,16-19,21H,2-3,13,15,20H2,1H3. The molecule has 2 aliphatic carbocycles. The van der Waals surface area contributed by atoms with Crippen molar-refractivity contribution in [3.05, 3.63) is 123 Å². The van der Waals surface area contributed by atoms with E-state index >= 15 is 0 Å². The molecule has 0 heterocycles. The average molecular weight is 389 g/mol. The van der Waals surface area contributed by atoms with Crippen molar-refractivity contribution in [3.8, 4) is 0 Å². The van der Waals surface area contributed by atoms with Gasteiger partial charge < -0.3 is 0 Å². The van der Waals surface area contributed by atoms with E-state index in [9.17, 15) is 0 Å². The van der Waals surface area contributed by atoms with Crippen LogP contribution in [0.15, 0.2) is 85.0 Å². The summed E-state index contributed by atoms with van der Waals surface area (Å²) < 4.78 is 0. The zero-order valence-corrected chi connectivity index (χ0v) is 17.7. The molecule has 0 saturated heterocycles. The number of benzene rings is 3. The Morgan fingerprint density at radius 3 is 2.50 bits per heavy atom. The van der Waals surface area contributed by atoms with Crippen molar-refractivity contribution in [2.24, 2.45) is 0 Å². The molecular formula is C30H28. The molecule has 5 rings (SSSR count). The van der Waals surface area contributed by atoms with Crippen LogP contribution in [-0.4, -0.2) is 0 Å². The van der Waals surface area contributed by atoms with Crippen molar-refractivity contribution < 1.29 is 0 Å². The fraction of sp³-hybridized carbons (Fsp3) is 0.200. The van der Waals surface area contributed by atoms with E-state index in [4.69, 9.17) is 0 Å². The van der Waals surface area contributed by atoms with Gasteiger partial charge >= 0.3 is 0 Å². The van der Waals surface area contributed by atoms with Crippen LogP contribution in [0.4, 0.5) is 0 Å². The molecule has 0 aromatic heterocycles. The van der Waals surface area contributed by atoms with Gasteiger partial charge in [-0.2, -0.15) is 0 Å². The fourth-order valence-electron chi connectivity index (χ4n) is 4.85. The lowest BCUT2D eigenvalue weighted by Gasteiger charge is -2.14. The summed E-state index contributed by atoms with van der Waals surface area (Å²) in [6.45, 7) is 2.29. The van der Waals surface area contributed by atoms with Gasteiger partial charge in [0.05, 0.1) is 0 Å². The van der Waals surface area contributed by atoms with E-state index in [1.807, 2.05) is 0 Å². The smallest absolute Gasteiger partial charge is 0.00579 e. The van der Waals surface area contributed by atoms with Crippen molar-refractivity contribution in [3.63, 3.8) is 0 Å². The Bertz CT molecular complexity index is 1350. The van der Waals surface area contributed by atoms with Gasteiger partial charge in [0, 0.05) is 0 Å². The van der Waals surface area contributed by atoms with Crippen LogP contribution in [0.25, 0.3) is 17.2 Å². The van der Waals surface area contributed by atoms with Crippen LogP contribution in [0.5, 0.6) is 0 Å². The van der Waals surface area contributed by atoms with Gasteiger partial charge in [-0.3, -0.25) is 0 Å². The molecule has 2 aliphatic rings. The predicted octanol–water partition coefficient (Wildman–Crippen LogP) is 6.04. The number of hydrogen-bond donors (Lipinski definition) is 0. The Labute approximate surface area is 178 Å². The van der Waals surface area contributed by atoms with Gasteiger partial charge in [-0.15, -0.1) is 0 Å². The normalized spacial score (nSPS) is 14.8. The lowest BCUT2D eigenvalue weighted by atomic mass is 9.90. The van der Waals surface area contributed by atoms with Gasteiger partial charge in [0.15, 0.2) is 0 Å². The van der Waals surface area contributed by atoms with Gasteiger partial charge in [0.25, 0.3) is 0 Å². The van der Waals surface area contributed by atoms with Crippen molar-refractivity contribution in [2.45, 2.75) is 39.0 Å². The van der Waals surface area contributed by atoms with Crippen LogP contribution in [0.3, 0.4) is 0 Å². The summed E-state index contributed by atoms with van der Waals surface area (Å²) in [7, 11) is 0. The van der Waals surface area contributed by atoms with Crippen molar-refractivity contribution in [2.75, 3.05) is 0 Å². The molecular weight excluding hydrogens is 360 g/mol. The van der Waals surface area contributed by atoms with E-state index < -0.39 is 0 Å². The summed E-state index contributed by atoms with van der Waals surface area (Å²) in [6.07, 6.45) is 14.9. The van der Waals surface area contributed by atoms with E-state index in [0.29, 0.717) is 0 Å². The molecule has 0 N–H and O–H groups in total. The third-order valence-electron chi connectivity index (χ3n) is 6.36. The van der Waals surface area contributed by atoms with E-state index in [-0.39, 0.29) is 0 Å². The molecule has 148 valence electrons. The van der Waals surface area contributed by atoms with Crippen LogP contribution in [0.1, 0.15) is 49.3 Å². The van der Waals surface area contributed by atoms with Crippen molar-refractivity contribution >= 4 is 17.2 Å². The molecule has 0 heteroatoms. The summed E-state index contributed by atoms with van der Waals surface area (Å²) in [5.41, 5.74) is 7.29. The molecule has 0 amide bonds. The van der Waals surface area contributed by atoms with E-state index in [0.717, 1.165) is 19.3 Å². The maximum atomic E-state index is 2.41. The highest BCUT2D eigenvalue weighted by atomic mass is 14.2. The lowest BCUT2D eigenvalue weighted by molar-refractivity contribution is 0.810. The minimum atomic E-state index is 1.03. The van der Waals surface area contributed by atoms with E-state index in [2.05, 4.69) is 98.0 Å². The lowest BCUT2D eigenvalue weighted by Crippen LogP contribution is -2.16. The molecule has 0 atom stereocenters. The highest BCUT2D eigenvalue weighted by molar-refractivity contribution is 5.80. The zero-order valence-electron chi connectivity index (χ0n) is 17.7. The largest absolute Gasteiger partial charge is 0.0801 e. The summed E-state index contributed by atoms with van der Waals surface area (Å²) in [5.74, 6) is 0. The maximum absolute atomic E-state index is 2.41. The van der Waals surface area contributed by atoms with Gasteiger partial charge in [0.2, 0.25) is 0 Å². The average Bonchev–Trinajstić information content (AvgIpc) is 3.44.